The van der Waals surface area contributed by atoms with Crippen LogP contribution in [0.4, 0.5) is 0 Å². The van der Waals surface area contributed by atoms with E-state index < -0.39 is 11.4 Å². The third-order valence-electron chi connectivity index (χ3n) is 3.68. The number of hydrogen-bond acceptors (Lipinski definition) is 2. The normalized spacial score (nSPS) is 35.8. The van der Waals surface area contributed by atoms with Crippen molar-refractivity contribution in [3.63, 3.8) is 0 Å². The number of carbonyl (C=O) groups excluding carboxylic acids is 1. The van der Waals surface area contributed by atoms with Crippen LogP contribution >= 0.6 is 0 Å². The van der Waals surface area contributed by atoms with Crippen LogP contribution in [-0.4, -0.2) is 34.5 Å². The van der Waals surface area contributed by atoms with Crippen LogP contribution in [0.25, 0.3) is 0 Å². The van der Waals surface area contributed by atoms with Gasteiger partial charge < -0.3 is 10.0 Å². The van der Waals surface area contributed by atoms with Gasteiger partial charge in [0.25, 0.3) is 0 Å². The number of nitrogens with zero attached hydrogens (tertiary/aromatic N) is 1. The molecule has 1 saturated carbocycles. The summed E-state index contributed by atoms with van der Waals surface area (Å²) in [5.41, 5.74) is -0.638. The van der Waals surface area contributed by atoms with E-state index in [0.717, 1.165) is 25.7 Å². The van der Waals surface area contributed by atoms with Crippen LogP contribution in [-0.2, 0) is 9.59 Å². The number of rotatable bonds is 1. The number of carboxylic acid groups (broad SMARTS) is 1. The molecule has 1 aliphatic carbocycles. The molecular formula is C10H15NO3. The minimum absolute atomic E-state index is 0.0139. The number of fused-ring (bicyclic) bond motifs is 3. The number of carboxylic acids is 1. The summed E-state index contributed by atoms with van der Waals surface area (Å²) in [5.74, 6) is -0.720. The Morgan fingerprint density at radius 3 is 2.36 bits per heavy atom. The molecule has 78 valence electrons. The molecule has 0 aromatic rings. The third kappa shape index (κ3) is 1.21. The van der Waals surface area contributed by atoms with Crippen LogP contribution in [0.1, 0.15) is 32.6 Å². The zero-order chi connectivity index (χ0) is 10.3. The smallest absolute Gasteiger partial charge is 0.311 e. The molecule has 2 heterocycles. The molecule has 0 unspecified atom stereocenters. The summed E-state index contributed by atoms with van der Waals surface area (Å²) < 4.78 is 0. The second kappa shape index (κ2) is 2.97. The van der Waals surface area contributed by atoms with E-state index >= 15 is 0 Å². The van der Waals surface area contributed by atoms with E-state index in [1.54, 1.807) is 4.90 Å². The van der Waals surface area contributed by atoms with E-state index in [2.05, 4.69) is 0 Å². The summed E-state index contributed by atoms with van der Waals surface area (Å²) in [6.07, 6.45) is 3.17. The lowest BCUT2D eigenvalue weighted by Crippen LogP contribution is -2.58. The molecule has 3 fully saturated rings. The number of aliphatic carboxylic acids is 1. The van der Waals surface area contributed by atoms with Crippen molar-refractivity contribution < 1.29 is 14.7 Å². The van der Waals surface area contributed by atoms with Gasteiger partial charge in [-0.05, 0) is 25.7 Å². The molecule has 0 atom stereocenters. The fourth-order valence-corrected chi connectivity index (χ4v) is 2.73. The Kier molecular flexibility index (Phi) is 2.01. The summed E-state index contributed by atoms with van der Waals surface area (Å²) in [4.78, 5) is 24.2. The third-order valence-corrected chi connectivity index (χ3v) is 3.68. The fraction of sp³-hybridized carbons (Fsp3) is 0.800. The molecule has 4 nitrogen and oxygen atoms in total. The molecule has 0 aromatic heterocycles. The molecular weight excluding hydrogens is 182 g/mol. The highest BCUT2D eigenvalue weighted by atomic mass is 16.4. The first-order chi connectivity index (χ1) is 6.55. The highest BCUT2D eigenvalue weighted by Gasteiger charge is 2.50. The van der Waals surface area contributed by atoms with Crippen molar-refractivity contribution in [3.05, 3.63) is 0 Å². The predicted molar refractivity (Wildman–Crippen MR) is 49.7 cm³/mol. The molecule has 2 bridgehead atoms. The molecule has 0 spiro atoms. The lowest BCUT2D eigenvalue weighted by Gasteiger charge is -2.50. The Morgan fingerprint density at radius 2 is 1.93 bits per heavy atom. The fourth-order valence-electron chi connectivity index (χ4n) is 2.73. The number of piperidine rings is 2. The zero-order valence-electron chi connectivity index (χ0n) is 8.32. The average Bonchev–Trinajstić information content (AvgIpc) is 2.19. The van der Waals surface area contributed by atoms with Gasteiger partial charge in [0, 0.05) is 19.5 Å². The molecule has 4 heteroatoms. The van der Waals surface area contributed by atoms with Gasteiger partial charge in [-0.3, -0.25) is 9.59 Å². The maximum absolute atomic E-state index is 11.3. The summed E-state index contributed by atoms with van der Waals surface area (Å²) in [6, 6.07) is 0.300. The first kappa shape index (κ1) is 9.49. The van der Waals surface area contributed by atoms with Gasteiger partial charge in [-0.15, -0.1) is 0 Å². The zero-order valence-corrected chi connectivity index (χ0v) is 8.32. The number of hydrogen-bond donors (Lipinski definition) is 1. The molecule has 0 aromatic carbocycles. The predicted octanol–water partition coefficient (Wildman–Crippen LogP) is 0.862. The standard InChI is InChI=1S/C10H15NO3/c1-7(12)11-6-10(9(13)14)4-2-8(11)3-5-10/h8H,2-6H2,1H3,(H,13,14). The van der Waals surface area contributed by atoms with Gasteiger partial charge in [0.1, 0.15) is 0 Å². The van der Waals surface area contributed by atoms with Crippen molar-refractivity contribution >= 4 is 11.9 Å². The molecule has 1 N–H and O–H groups in total. The highest BCUT2D eigenvalue weighted by Crippen LogP contribution is 2.44. The van der Waals surface area contributed by atoms with Crippen molar-refractivity contribution in [2.45, 2.75) is 38.6 Å². The molecule has 1 amide bonds. The summed E-state index contributed by atoms with van der Waals surface area (Å²) in [5, 5.41) is 9.17. The first-order valence-electron chi connectivity index (χ1n) is 5.06. The SMILES string of the molecule is CC(=O)N1CC2(C(=O)O)CCC1CC2. The molecule has 2 saturated heterocycles. The van der Waals surface area contributed by atoms with Crippen molar-refractivity contribution in [2.75, 3.05) is 6.54 Å². The minimum Gasteiger partial charge on any atom is -0.481 e. The Bertz CT molecular complexity index is 279. The van der Waals surface area contributed by atoms with Gasteiger partial charge in [-0.2, -0.15) is 0 Å². The van der Waals surface area contributed by atoms with E-state index in [1.165, 1.54) is 6.92 Å². The molecule has 14 heavy (non-hydrogen) atoms. The van der Waals surface area contributed by atoms with E-state index in [4.69, 9.17) is 0 Å². The van der Waals surface area contributed by atoms with Gasteiger partial charge >= 0.3 is 5.97 Å². The summed E-state index contributed by atoms with van der Waals surface area (Å²) in [7, 11) is 0. The molecule has 3 aliphatic rings. The molecule has 2 aliphatic heterocycles. The first-order valence-corrected chi connectivity index (χ1v) is 5.06. The number of amides is 1. The Balaban J connectivity index is 2.23. The Morgan fingerprint density at radius 1 is 1.36 bits per heavy atom. The van der Waals surface area contributed by atoms with Gasteiger partial charge in [0.05, 0.1) is 5.41 Å². The highest BCUT2D eigenvalue weighted by molar-refractivity contribution is 5.79. The average molecular weight is 197 g/mol. The Hall–Kier alpha value is -1.06. The van der Waals surface area contributed by atoms with Crippen LogP contribution in [0.2, 0.25) is 0 Å². The largest absolute Gasteiger partial charge is 0.481 e. The van der Waals surface area contributed by atoms with E-state index in [1.807, 2.05) is 0 Å². The second-order valence-electron chi connectivity index (χ2n) is 4.46. The monoisotopic (exact) mass is 197 g/mol. The van der Waals surface area contributed by atoms with Crippen LogP contribution in [0.15, 0.2) is 0 Å². The van der Waals surface area contributed by atoms with Gasteiger partial charge in [0.2, 0.25) is 5.91 Å². The quantitative estimate of drug-likeness (QED) is 0.678. The van der Waals surface area contributed by atoms with Crippen LogP contribution < -0.4 is 0 Å². The van der Waals surface area contributed by atoms with Crippen molar-refractivity contribution in [2.24, 2.45) is 5.41 Å². The van der Waals surface area contributed by atoms with E-state index in [-0.39, 0.29) is 5.91 Å². The van der Waals surface area contributed by atoms with Gasteiger partial charge in [-0.25, -0.2) is 0 Å². The lowest BCUT2D eigenvalue weighted by molar-refractivity contribution is -0.163. The van der Waals surface area contributed by atoms with E-state index in [9.17, 15) is 14.7 Å². The summed E-state index contributed by atoms with van der Waals surface area (Å²) >= 11 is 0. The summed E-state index contributed by atoms with van der Waals surface area (Å²) in [6.45, 7) is 1.94. The van der Waals surface area contributed by atoms with Gasteiger partial charge in [0.15, 0.2) is 0 Å². The minimum atomic E-state index is -0.734. The maximum atomic E-state index is 11.3. The lowest BCUT2D eigenvalue weighted by atomic mass is 9.67. The van der Waals surface area contributed by atoms with E-state index in [0.29, 0.717) is 12.6 Å². The van der Waals surface area contributed by atoms with Crippen LogP contribution in [0, 0.1) is 5.41 Å². The van der Waals surface area contributed by atoms with Crippen molar-refractivity contribution in [1.82, 2.24) is 4.90 Å². The van der Waals surface area contributed by atoms with Crippen LogP contribution in [0.5, 0.6) is 0 Å². The number of carbonyl (C=O) groups is 2. The van der Waals surface area contributed by atoms with Crippen molar-refractivity contribution in [1.29, 1.82) is 0 Å². The second-order valence-corrected chi connectivity index (χ2v) is 4.46. The Labute approximate surface area is 82.9 Å². The molecule has 0 radical (unpaired) electrons. The maximum Gasteiger partial charge on any atom is 0.311 e. The van der Waals surface area contributed by atoms with Gasteiger partial charge in [-0.1, -0.05) is 0 Å². The molecule has 3 rings (SSSR count). The van der Waals surface area contributed by atoms with Crippen molar-refractivity contribution in [3.8, 4) is 0 Å². The topological polar surface area (TPSA) is 57.6 Å². The van der Waals surface area contributed by atoms with Crippen LogP contribution in [0.3, 0.4) is 0 Å².